The molecule has 0 spiro atoms. The minimum absolute atomic E-state index is 0.253. The van der Waals surface area contributed by atoms with E-state index < -0.39 is 17.7 Å². The van der Waals surface area contributed by atoms with Crippen LogP contribution in [0, 0.1) is 0 Å². The number of nitrogens with two attached hydrogens (primary N) is 1. The molecule has 0 fully saturated rings. The molecule has 1 aliphatic heterocycles. The normalized spacial score (nSPS) is 17.7. The standard InChI is InChI=1S/C14H20N4O3/c1-14(2,3)21-13(20)18-17-10-7-8-5-4-6-9(15)11(8)16-12(10)19/h4-6,10,17H,7,15H2,1-3H3,(H,16,19)(H,18,20). The number of nitrogen functional groups attached to an aromatic ring is 1. The van der Waals surface area contributed by atoms with Crippen LogP contribution < -0.4 is 21.9 Å². The number of carbonyl (C=O) groups is 2. The van der Waals surface area contributed by atoms with Gasteiger partial charge in [-0.3, -0.25) is 10.2 Å². The van der Waals surface area contributed by atoms with Gasteiger partial charge in [-0.15, -0.1) is 0 Å². The number of hydrazine groups is 1. The van der Waals surface area contributed by atoms with Gasteiger partial charge in [0.2, 0.25) is 5.91 Å². The Morgan fingerprint density at radius 3 is 2.81 bits per heavy atom. The number of para-hydroxylation sites is 1. The molecular weight excluding hydrogens is 272 g/mol. The topological polar surface area (TPSA) is 105 Å². The van der Waals surface area contributed by atoms with Crippen molar-refractivity contribution in [3.05, 3.63) is 23.8 Å². The lowest BCUT2D eigenvalue weighted by Crippen LogP contribution is -2.53. The van der Waals surface area contributed by atoms with Gasteiger partial charge in [0.25, 0.3) is 0 Å². The first-order valence-electron chi connectivity index (χ1n) is 6.69. The van der Waals surface area contributed by atoms with E-state index in [4.69, 9.17) is 10.5 Å². The maximum absolute atomic E-state index is 12.0. The highest BCUT2D eigenvalue weighted by Gasteiger charge is 2.28. The highest BCUT2D eigenvalue weighted by Crippen LogP contribution is 2.28. The smallest absolute Gasteiger partial charge is 0.422 e. The number of hydrogen-bond acceptors (Lipinski definition) is 5. The van der Waals surface area contributed by atoms with Gasteiger partial charge >= 0.3 is 6.09 Å². The van der Waals surface area contributed by atoms with Crippen molar-refractivity contribution < 1.29 is 14.3 Å². The Bertz CT molecular complexity index is 566. The fourth-order valence-corrected chi connectivity index (χ4v) is 2.03. The van der Waals surface area contributed by atoms with E-state index in [1.54, 1.807) is 26.8 Å². The van der Waals surface area contributed by atoms with Crippen LogP contribution in [0.2, 0.25) is 0 Å². The van der Waals surface area contributed by atoms with Crippen molar-refractivity contribution in [2.75, 3.05) is 11.1 Å². The van der Waals surface area contributed by atoms with Gasteiger partial charge in [0.05, 0.1) is 11.4 Å². The molecule has 1 aliphatic rings. The Labute approximate surface area is 123 Å². The van der Waals surface area contributed by atoms with E-state index in [-0.39, 0.29) is 5.91 Å². The van der Waals surface area contributed by atoms with Gasteiger partial charge in [0, 0.05) is 6.42 Å². The SMILES string of the molecule is CC(C)(C)OC(=O)NNC1Cc2cccc(N)c2NC1=O. The molecule has 1 atom stereocenters. The van der Waals surface area contributed by atoms with Crippen molar-refractivity contribution in [1.29, 1.82) is 0 Å². The summed E-state index contributed by atoms with van der Waals surface area (Å²) < 4.78 is 5.09. The second-order valence-corrected chi connectivity index (χ2v) is 5.90. The number of nitrogens with one attached hydrogen (secondary N) is 3. The molecule has 0 bridgehead atoms. The molecule has 0 aliphatic carbocycles. The van der Waals surface area contributed by atoms with Crippen LogP contribution in [-0.2, 0) is 16.0 Å². The first kappa shape index (κ1) is 15.1. The van der Waals surface area contributed by atoms with Crippen LogP contribution >= 0.6 is 0 Å². The Hall–Kier alpha value is -2.28. The van der Waals surface area contributed by atoms with Gasteiger partial charge in [0.1, 0.15) is 11.6 Å². The molecule has 1 aromatic carbocycles. The summed E-state index contributed by atoms with van der Waals surface area (Å²) in [6.45, 7) is 5.29. The lowest BCUT2D eigenvalue weighted by atomic mass is 9.98. The molecule has 2 amide bonds. The summed E-state index contributed by atoms with van der Waals surface area (Å²) in [5.74, 6) is -0.253. The van der Waals surface area contributed by atoms with Crippen LogP contribution in [0.3, 0.4) is 0 Å². The summed E-state index contributed by atoms with van der Waals surface area (Å²) in [7, 11) is 0. The molecule has 5 N–H and O–H groups in total. The maximum Gasteiger partial charge on any atom is 0.422 e. The van der Waals surface area contributed by atoms with Crippen molar-refractivity contribution in [1.82, 2.24) is 10.9 Å². The molecule has 0 radical (unpaired) electrons. The zero-order valence-electron chi connectivity index (χ0n) is 12.3. The number of amides is 2. The highest BCUT2D eigenvalue weighted by atomic mass is 16.6. The van der Waals surface area contributed by atoms with E-state index in [9.17, 15) is 9.59 Å². The lowest BCUT2D eigenvalue weighted by molar-refractivity contribution is -0.118. The van der Waals surface area contributed by atoms with Crippen LogP contribution in [0.5, 0.6) is 0 Å². The van der Waals surface area contributed by atoms with Gasteiger partial charge < -0.3 is 15.8 Å². The largest absolute Gasteiger partial charge is 0.443 e. The van der Waals surface area contributed by atoms with Crippen molar-refractivity contribution in [3.63, 3.8) is 0 Å². The Morgan fingerprint density at radius 2 is 2.14 bits per heavy atom. The fraction of sp³-hybridized carbons (Fsp3) is 0.429. The van der Waals surface area contributed by atoms with E-state index in [1.807, 2.05) is 12.1 Å². The van der Waals surface area contributed by atoms with E-state index in [0.717, 1.165) is 5.56 Å². The molecule has 1 heterocycles. The molecule has 1 unspecified atom stereocenters. The number of rotatable bonds is 2. The fourth-order valence-electron chi connectivity index (χ4n) is 2.03. The van der Waals surface area contributed by atoms with E-state index in [0.29, 0.717) is 17.8 Å². The lowest BCUT2D eigenvalue weighted by Gasteiger charge is -2.27. The van der Waals surface area contributed by atoms with Gasteiger partial charge in [-0.1, -0.05) is 12.1 Å². The Kier molecular flexibility index (Phi) is 4.04. The quantitative estimate of drug-likeness (QED) is 0.483. The molecule has 2 rings (SSSR count). The van der Waals surface area contributed by atoms with Gasteiger partial charge in [-0.05, 0) is 32.4 Å². The molecule has 0 saturated carbocycles. The van der Waals surface area contributed by atoms with Crippen LogP contribution in [0.1, 0.15) is 26.3 Å². The summed E-state index contributed by atoms with van der Waals surface area (Å²) in [6.07, 6.45) is -0.198. The second kappa shape index (κ2) is 5.61. The van der Waals surface area contributed by atoms with Gasteiger partial charge in [-0.2, -0.15) is 0 Å². The Morgan fingerprint density at radius 1 is 1.43 bits per heavy atom. The Balaban J connectivity index is 1.97. The van der Waals surface area contributed by atoms with Crippen molar-refractivity contribution in [3.8, 4) is 0 Å². The number of fused-ring (bicyclic) bond motifs is 1. The van der Waals surface area contributed by atoms with Gasteiger partial charge in [0.15, 0.2) is 0 Å². The molecule has 1 aromatic rings. The van der Waals surface area contributed by atoms with E-state index in [2.05, 4.69) is 16.2 Å². The van der Waals surface area contributed by atoms with Crippen LogP contribution in [0.4, 0.5) is 16.2 Å². The van der Waals surface area contributed by atoms with Crippen molar-refractivity contribution in [2.24, 2.45) is 0 Å². The zero-order chi connectivity index (χ0) is 15.6. The minimum Gasteiger partial charge on any atom is -0.443 e. The average Bonchev–Trinajstić information content (AvgIpc) is 2.35. The van der Waals surface area contributed by atoms with E-state index in [1.165, 1.54) is 0 Å². The third-order valence-corrected chi connectivity index (χ3v) is 2.92. The predicted molar refractivity (Wildman–Crippen MR) is 79.5 cm³/mol. The zero-order valence-corrected chi connectivity index (χ0v) is 12.3. The first-order chi connectivity index (χ1) is 9.76. The monoisotopic (exact) mass is 292 g/mol. The number of hydrogen-bond donors (Lipinski definition) is 4. The number of benzene rings is 1. The molecular formula is C14H20N4O3. The van der Waals surface area contributed by atoms with E-state index >= 15 is 0 Å². The number of carbonyl (C=O) groups excluding carboxylic acids is 2. The summed E-state index contributed by atoms with van der Waals surface area (Å²) in [4.78, 5) is 23.5. The minimum atomic E-state index is -0.631. The van der Waals surface area contributed by atoms with Crippen LogP contribution in [-0.4, -0.2) is 23.6 Å². The number of ether oxygens (including phenoxy) is 1. The molecule has 0 aromatic heterocycles. The van der Waals surface area contributed by atoms with Crippen LogP contribution in [0.15, 0.2) is 18.2 Å². The third-order valence-electron chi connectivity index (χ3n) is 2.92. The third kappa shape index (κ3) is 3.85. The molecule has 7 nitrogen and oxygen atoms in total. The van der Waals surface area contributed by atoms with Gasteiger partial charge in [-0.25, -0.2) is 10.2 Å². The first-order valence-corrected chi connectivity index (χ1v) is 6.69. The summed E-state index contributed by atoms with van der Waals surface area (Å²) in [6, 6.07) is 4.86. The van der Waals surface area contributed by atoms with Crippen LogP contribution in [0.25, 0.3) is 0 Å². The summed E-state index contributed by atoms with van der Waals surface area (Å²) in [5, 5.41) is 2.73. The molecule has 7 heteroatoms. The highest BCUT2D eigenvalue weighted by molar-refractivity contribution is 6.00. The molecule has 21 heavy (non-hydrogen) atoms. The summed E-state index contributed by atoms with van der Waals surface area (Å²) in [5.41, 5.74) is 12.4. The second-order valence-electron chi connectivity index (χ2n) is 5.90. The molecule has 0 saturated heterocycles. The molecule has 114 valence electrons. The average molecular weight is 292 g/mol. The maximum atomic E-state index is 12.0. The van der Waals surface area contributed by atoms with Crippen molar-refractivity contribution in [2.45, 2.75) is 38.8 Å². The summed E-state index contributed by atoms with van der Waals surface area (Å²) >= 11 is 0. The number of anilines is 2. The predicted octanol–water partition coefficient (Wildman–Crippen LogP) is 1.16. The van der Waals surface area contributed by atoms with Crippen molar-refractivity contribution >= 4 is 23.4 Å².